The van der Waals surface area contributed by atoms with Gasteiger partial charge in [0.15, 0.2) is 0 Å². The van der Waals surface area contributed by atoms with E-state index in [-0.39, 0.29) is 0 Å². The van der Waals surface area contributed by atoms with Crippen molar-refractivity contribution in [2.45, 2.75) is 81.7 Å². The van der Waals surface area contributed by atoms with Crippen molar-refractivity contribution in [3.63, 3.8) is 0 Å². The molecule has 2 saturated heterocycles. The number of morpholine rings is 1. The lowest BCUT2D eigenvalue weighted by Gasteiger charge is -2.57. The summed E-state index contributed by atoms with van der Waals surface area (Å²) in [7, 11) is 0. The molecule has 5 aliphatic carbocycles. The Hall–Kier alpha value is -1.18. The molecule has 0 radical (unpaired) electrons. The molecule has 1 aromatic rings. The Labute approximate surface area is 209 Å². The van der Waals surface area contributed by atoms with E-state index in [0.717, 1.165) is 89.1 Å². The lowest BCUT2D eigenvalue weighted by molar-refractivity contribution is -0.390. The van der Waals surface area contributed by atoms with Crippen LogP contribution in [-0.4, -0.2) is 55.9 Å². The zero-order valence-electron chi connectivity index (χ0n) is 21.0. The van der Waals surface area contributed by atoms with Crippen LogP contribution in [0.2, 0.25) is 0 Å². The van der Waals surface area contributed by atoms with E-state index < -0.39 is 11.6 Å². The maximum absolute atomic E-state index is 6.88. The van der Waals surface area contributed by atoms with Gasteiger partial charge < -0.3 is 14.2 Å². The minimum atomic E-state index is -0.518. The van der Waals surface area contributed by atoms with Crippen molar-refractivity contribution in [1.29, 1.82) is 0 Å². The molecule has 0 unspecified atom stereocenters. The second kappa shape index (κ2) is 9.29. The lowest BCUT2D eigenvalue weighted by atomic mass is 9.53. The summed E-state index contributed by atoms with van der Waals surface area (Å²) in [5, 5.41) is 0. The number of hydrogen-bond acceptors (Lipinski definition) is 6. The van der Waals surface area contributed by atoms with Crippen LogP contribution in [0.5, 0.6) is 5.75 Å². The van der Waals surface area contributed by atoms with Crippen LogP contribution in [0.4, 0.5) is 0 Å². The molecule has 0 atom stereocenters. The largest absolute Gasteiger partial charge is 0.494 e. The van der Waals surface area contributed by atoms with Gasteiger partial charge in [0.25, 0.3) is 0 Å². The molecule has 2 aliphatic heterocycles. The average molecular weight is 484 g/mol. The summed E-state index contributed by atoms with van der Waals surface area (Å²) >= 11 is 0. The second-order valence-electron chi connectivity index (χ2n) is 12.2. The topological polar surface area (TPSA) is 49.4 Å². The number of benzene rings is 1. The maximum atomic E-state index is 6.88. The van der Waals surface area contributed by atoms with Gasteiger partial charge in [0.2, 0.25) is 11.6 Å². The van der Waals surface area contributed by atoms with Crippen LogP contribution < -0.4 is 4.74 Å². The number of ether oxygens (including phenoxy) is 3. The van der Waals surface area contributed by atoms with Crippen molar-refractivity contribution in [2.75, 3.05) is 39.5 Å². The first-order valence-corrected chi connectivity index (χ1v) is 14.3. The van der Waals surface area contributed by atoms with E-state index >= 15 is 0 Å². The molecule has 0 amide bonds. The normalized spacial score (nSPS) is 42.8. The zero-order chi connectivity index (χ0) is 23.3. The molecule has 7 fully saturated rings. The maximum Gasteiger partial charge on any atom is 0.210 e. The van der Waals surface area contributed by atoms with Gasteiger partial charge in [-0.25, -0.2) is 0 Å². The highest BCUT2D eigenvalue weighted by Crippen LogP contribution is 2.64. The van der Waals surface area contributed by atoms with E-state index in [1.165, 1.54) is 37.7 Å². The van der Waals surface area contributed by atoms with Gasteiger partial charge in [-0.15, -0.1) is 0 Å². The van der Waals surface area contributed by atoms with Crippen molar-refractivity contribution in [3.05, 3.63) is 29.8 Å². The van der Waals surface area contributed by atoms with Gasteiger partial charge in [-0.05, 0) is 86.8 Å². The van der Waals surface area contributed by atoms with E-state index in [0.29, 0.717) is 17.8 Å². The van der Waals surface area contributed by atoms with Gasteiger partial charge in [-0.2, -0.15) is 9.78 Å². The molecule has 0 aromatic heterocycles. The van der Waals surface area contributed by atoms with Gasteiger partial charge in [-0.1, -0.05) is 12.1 Å². The Balaban J connectivity index is 0.901. The number of hydrogen-bond donors (Lipinski definition) is 0. The number of nitrogens with zero attached hydrogens (tertiary/aromatic N) is 1. The fraction of sp³-hybridized carbons (Fsp3) is 0.793. The van der Waals surface area contributed by atoms with Crippen molar-refractivity contribution in [2.24, 2.45) is 23.7 Å². The minimum Gasteiger partial charge on any atom is -0.494 e. The van der Waals surface area contributed by atoms with Crippen LogP contribution in [0.3, 0.4) is 0 Å². The van der Waals surface area contributed by atoms with E-state index in [9.17, 15) is 0 Å². The molecule has 4 bridgehead atoms. The summed E-state index contributed by atoms with van der Waals surface area (Å²) in [4.78, 5) is 14.8. The van der Waals surface area contributed by atoms with Crippen molar-refractivity contribution >= 4 is 0 Å². The molecule has 1 aromatic carbocycles. The average Bonchev–Trinajstić information content (AvgIpc) is 3.26. The molecule has 6 nitrogen and oxygen atoms in total. The van der Waals surface area contributed by atoms with E-state index in [2.05, 4.69) is 29.2 Å². The molecule has 0 N–H and O–H groups in total. The smallest absolute Gasteiger partial charge is 0.210 e. The van der Waals surface area contributed by atoms with Crippen LogP contribution >= 0.6 is 0 Å². The zero-order valence-corrected chi connectivity index (χ0v) is 21.0. The molecule has 5 saturated carbocycles. The van der Waals surface area contributed by atoms with E-state index in [1.807, 2.05) is 0 Å². The fourth-order valence-corrected chi connectivity index (χ4v) is 8.33. The van der Waals surface area contributed by atoms with Crippen LogP contribution in [0.1, 0.15) is 75.7 Å². The Morgan fingerprint density at radius 3 is 2.23 bits per heavy atom. The Morgan fingerprint density at radius 1 is 0.857 bits per heavy atom. The van der Waals surface area contributed by atoms with Crippen molar-refractivity contribution in [1.82, 2.24) is 4.90 Å². The van der Waals surface area contributed by atoms with Gasteiger partial charge in [-0.3, -0.25) is 4.90 Å². The van der Waals surface area contributed by atoms with Crippen LogP contribution in [0, 0.1) is 23.7 Å². The standard InChI is InChI=1S/C29H41NO5/c1(10-30-11-14-31-15-12-30)13-32-27-4-2-23(3-5-27)24-6-8-28(9-7-24)33-29(35-34-28)25-17-21-16-22(19-25)20-26(29)18-21/h2-5,21-22,24-26H,1,6-20H2. The predicted octanol–water partition coefficient (Wildman–Crippen LogP) is 5.27. The monoisotopic (exact) mass is 483 g/mol. The van der Waals surface area contributed by atoms with Gasteiger partial charge in [0.05, 0.1) is 19.8 Å². The van der Waals surface area contributed by atoms with E-state index in [1.54, 1.807) is 0 Å². The summed E-state index contributed by atoms with van der Waals surface area (Å²) in [6, 6.07) is 8.80. The summed E-state index contributed by atoms with van der Waals surface area (Å²) in [5.41, 5.74) is 1.41. The summed E-state index contributed by atoms with van der Waals surface area (Å²) < 4.78 is 18.3. The van der Waals surface area contributed by atoms with Crippen LogP contribution in [0.15, 0.2) is 24.3 Å². The fourth-order valence-electron chi connectivity index (χ4n) is 8.33. The molecule has 35 heavy (non-hydrogen) atoms. The molecule has 6 heteroatoms. The highest BCUT2D eigenvalue weighted by atomic mass is 17.3. The SMILES string of the molecule is c1cc(C2CCC3(CC2)OOC2(O3)C3CC4CC(C3)CC2C4)ccc1OCCCN1CCOCC1. The first-order valence-electron chi connectivity index (χ1n) is 14.3. The quantitative estimate of drug-likeness (QED) is 0.406. The first-order chi connectivity index (χ1) is 17.2. The number of rotatable bonds is 6. The highest BCUT2D eigenvalue weighted by molar-refractivity contribution is 5.30. The second-order valence-corrected chi connectivity index (χ2v) is 12.2. The minimum absolute atomic E-state index is 0.443. The van der Waals surface area contributed by atoms with Crippen LogP contribution in [0.25, 0.3) is 0 Å². The molecular formula is C29H41NO5. The third-order valence-electron chi connectivity index (χ3n) is 10.0. The third kappa shape index (κ3) is 4.33. The third-order valence-corrected chi connectivity index (χ3v) is 10.0. The molecular weight excluding hydrogens is 442 g/mol. The molecule has 7 aliphatic rings. The lowest BCUT2D eigenvalue weighted by Crippen LogP contribution is -2.59. The van der Waals surface area contributed by atoms with Crippen LogP contribution in [-0.2, 0) is 19.2 Å². The van der Waals surface area contributed by atoms with E-state index in [4.69, 9.17) is 24.0 Å². The molecule has 8 rings (SSSR count). The van der Waals surface area contributed by atoms with Crippen molar-refractivity contribution in [3.8, 4) is 5.75 Å². The van der Waals surface area contributed by atoms with Crippen molar-refractivity contribution < 1.29 is 24.0 Å². The Bertz CT molecular complexity index is 846. The summed E-state index contributed by atoms with van der Waals surface area (Å²) in [6.45, 7) is 5.66. The highest BCUT2D eigenvalue weighted by Gasteiger charge is 2.66. The summed E-state index contributed by atoms with van der Waals surface area (Å²) in [5.74, 6) is 3.45. The molecule has 192 valence electrons. The first kappa shape index (κ1) is 23.0. The predicted molar refractivity (Wildman–Crippen MR) is 131 cm³/mol. The molecule has 2 heterocycles. The Kier molecular flexibility index (Phi) is 6.10. The van der Waals surface area contributed by atoms with Gasteiger partial charge in [0.1, 0.15) is 5.75 Å². The van der Waals surface area contributed by atoms with Gasteiger partial charge in [0, 0.05) is 44.3 Å². The Morgan fingerprint density at radius 2 is 1.54 bits per heavy atom. The molecule has 2 spiro atoms. The summed E-state index contributed by atoms with van der Waals surface area (Å²) in [6.07, 6.45) is 11.6. The van der Waals surface area contributed by atoms with Gasteiger partial charge >= 0.3 is 0 Å².